The summed E-state index contributed by atoms with van der Waals surface area (Å²) < 4.78 is 42.7. The number of rotatable bonds is 3. The Morgan fingerprint density at radius 2 is 2.06 bits per heavy atom. The van der Waals surface area contributed by atoms with Crippen molar-refractivity contribution in [3.8, 4) is 0 Å². The highest BCUT2D eigenvalue weighted by atomic mass is 19.4. The summed E-state index contributed by atoms with van der Waals surface area (Å²) in [7, 11) is 0. The molecule has 2 aromatic rings. The Morgan fingerprint density at radius 3 is 2.67 bits per heavy atom. The zero-order valence-corrected chi connectivity index (χ0v) is 9.58. The van der Waals surface area contributed by atoms with Crippen molar-refractivity contribution in [3.05, 3.63) is 47.5 Å². The molecule has 0 saturated carbocycles. The molecule has 96 valence electrons. The van der Waals surface area contributed by atoms with Crippen LogP contribution in [0.4, 0.5) is 19.0 Å². The number of nitrogens with zero attached hydrogens (tertiary/aromatic N) is 1. The summed E-state index contributed by atoms with van der Waals surface area (Å²) in [6.45, 7) is 2.09. The fourth-order valence-corrected chi connectivity index (χ4v) is 1.46. The van der Waals surface area contributed by atoms with E-state index >= 15 is 0 Å². The molecule has 0 unspecified atom stereocenters. The molecule has 0 aliphatic carbocycles. The van der Waals surface area contributed by atoms with Crippen molar-refractivity contribution < 1.29 is 17.6 Å². The van der Waals surface area contributed by atoms with Gasteiger partial charge in [-0.25, -0.2) is 4.98 Å². The number of halogens is 3. The standard InChI is InChI=1S/C12H11F3N2O/c1-8-2-3-10(18-8)7-17-11-6-9(4-5-16-11)12(13,14)15/h2-6H,7H2,1H3,(H,16,17). The molecule has 0 fully saturated rings. The van der Waals surface area contributed by atoms with Crippen LogP contribution in [-0.4, -0.2) is 4.98 Å². The molecule has 2 aromatic heterocycles. The van der Waals surface area contributed by atoms with Crippen LogP contribution in [0, 0.1) is 6.92 Å². The van der Waals surface area contributed by atoms with E-state index in [0.717, 1.165) is 24.1 Å². The second-order valence-corrected chi connectivity index (χ2v) is 3.79. The van der Waals surface area contributed by atoms with Crippen LogP contribution in [0.1, 0.15) is 17.1 Å². The molecular weight excluding hydrogens is 245 g/mol. The Morgan fingerprint density at radius 1 is 1.28 bits per heavy atom. The van der Waals surface area contributed by atoms with E-state index in [1.165, 1.54) is 0 Å². The number of hydrogen-bond acceptors (Lipinski definition) is 3. The van der Waals surface area contributed by atoms with E-state index in [2.05, 4.69) is 10.3 Å². The van der Waals surface area contributed by atoms with Crippen molar-refractivity contribution in [2.45, 2.75) is 19.6 Å². The van der Waals surface area contributed by atoms with Gasteiger partial charge in [-0.1, -0.05) is 0 Å². The minimum atomic E-state index is -4.36. The van der Waals surface area contributed by atoms with E-state index in [4.69, 9.17) is 4.42 Å². The summed E-state index contributed by atoms with van der Waals surface area (Å²) in [5.41, 5.74) is -0.726. The third-order valence-corrected chi connectivity index (χ3v) is 2.33. The van der Waals surface area contributed by atoms with Crippen LogP contribution in [0.15, 0.2) is 34.9 Å². The number of anilines is 1. The van der Waals surface area contributed by atoms with Gasteiger partial charge in [-0.05, 0) is 31.2 Å². The highest BCUT2D eigenvalue weighted by molar-refractivity contribution is 5.38. The number of aryl methyl sites for hydroxylation is 1. The second kappa shape index (κ2) is 4.72. The van der Waals surface area contributed by atoms with Crippen LogP contribution in [-0.2, 0) is 12.7 Å². The summed E-state index contributed by atoms with van der Waals surface area (Å²) >= 11 is 0. The zero-order chi connectivity index (χ0) is 13.2. The van der Waals surface area contributed by atoms with Gasteiger partial charge in [0.05, 0.1) is 12.1 Å². The smallest absolute Gasteiger partial charge is 0.416 e. The maximum Gasteiger partial charge on any atom is 0.416 e. The molecule has 0 atom stereocenters. The van der Waals surface area contributed by atoms with Gasteiger partial charge in [-0.3, -0.25) is 0 Å². The second-order valence-electron chi connectivity index (χ2n) is 3.79. The molecular formula is C12H11F3N2O. The lowest BCUT2D eigenvalue weighted by Gasteiger charge is -2.08. The first-order chi connectivity index (χ1) is 8.45. The van der Waals surface area contributed by atoms with Crippen molar-refractivity contribution in [1.29, 1.82) is 0 Å². The molecule has 18 heavy (non-hydrogen) atoms. The largest absolute Gasteiger partial charge is 0.465 e. The van der Waals surface area contributed by atoms with E-state index in [0.29, 0.717) is 12.3 Å². The van der Waals surface area contributed by atoms with E-state index in [1.54, 1.807) is 19.1 Å². The summed E-state index contributed by atoms with van der Waals surface area (Å²) in [5.74, 6) is 1.56. The SMILES string of the molecule is Cc1ccc(CNc2cc(C(F)(F)F)ccn2)o1. The summed E-state index contributed by atoms with van der Waals surface area (Å²) in [4.78, 5) is 3.82. The highest BCUT2D eigenvalue weighted by Crippen LogP contribution is 2.29. The first-order valence-electron chi connectivity index (χ1n) is 5.27. The molecule has 2 rings (SSSR count). The van der Waals surface area contributed by atoms with Gasteiger partial charge < -0.3 is 9.73 Å². The van der Waals surface area contributed by atoms with Crippen LogP contribution in [0.25, 0.3) is 0 Å². The molecule has 3 nitrogen and oxygen atoms in total. The number of alkyl halides is 3. The summed E-state index contributed by atoms with van der Waals surface area (Å²) in [6.07, 6.45) is -3.24. The molecule has 0 aliphatic rings. The fraction of sp³-hybridized carbons (Fsp3) is 0.250. The third kappa shape index (κ3) is 3.03. The van der Waals surface area contributed by atoms with E-state index in [1.807, 2.05) is 0 Å². The lowest BCUT2D eigenvalue weighted by atomic mass is 10.2. The predicted molar refractivity (Wildman–Crippen MR) is 60.0 cm³/mol. The Bertz CT molecular complexity index is 534. The normalized spacial score (nSPS) is 11.6. The van der Waals surface area contributed by atoms with E-state index < -0.39 is 11.7 Å². The van der Waals surface area contributed by atoms with Gasteiger partial charge in [0.25, 0.3) is 0 Å². The quantitative estimate of drug-likeness (QED) is 0.911. The monoisotopic (exact) mass is 256 g/mol. The number of hydrogen-bond donors (Lipinski definition) is 1. The molecule has 1 N–H and O–H groups in total. The maximum absolute atomic E-state index is 12.5. The number of nitrogens with one attached hydrogen (secondary N) is 1. The van der Waals surface area contributed by atoms with Crippen LogP contribution in [0.2, 0.25) is 0 Å². The Hall–Kier alpha value is -1.98. The lowest BCUT2D eigenvalue weighted by molar-refractivity contribution is -0.137. The molecule has 2 heterocycles. The van der Waals surface area contributed by atoms with Crippen LogP contribution in [0.5, 0.6) is 0 Å². The number of aromatic nitrogens is 1. The first-order valence-corrected chi connectivity index (χ1v) is 5.27. The van der Waals surface area contributed by atoms with Gasteiger partial charge in [0.2, 0.25) is 0 Å². The molecule has 0 bridgehead atoms. The minimum absolute atomic E-state index is 0.166. The number of furan rings is 1. The molecule has 0 amide bonds. The molecule has 0 saturated heterocycles. The molecule has 0 spiro atoms. The third-order valence-electron chi connectivity index (χ3n) is 2.33. The first kappa shape index (κ1) is 12.5. The molecule has 6 heteroatoms. The fourth-order valence-electron chi connectivity index (χ4n) is 1.46. The van der Waals surface area contributed by atoms with Gasteiger partial charge in [0.1, 0.15) is 17.3 Å². The highest BCUT2D eigenvalue weighted by Gasteiger charge is 2.30. The molecule has 0 radical (unpaired) electrons. The molecule has 0 aliphatic heterocycles. The van der Waals surface area contributed by atoms with Crippen LogP contribution in [0.3, 0.4) is 0 Å². The van der Waals surface area contributed by atoms with E-state index in [9.17, 15) is 13.2 Å². The number of pyridine rings is 1. The molecule has 0 aromatic carbocycles. The van der Waals surface area contributed by atoms with Gasteiger partial charge in [0.15, 0.2) is 0 Å². The van der Waals surface area contributed by atoms with Crippen molar-refractivity contribution >= 4 is 5.82 Å². The van der Waals surface area contributed by atoms with Gasteiger partial charge >= 0.3 is 6.18 Å². The van der Waals surface area contributed by atoms with Crippen molar-refractivity contribution in [2.24, 2.45) is 0 Å². The average molecular weight is 256 g/mol. The lowest BCUT2D eigenvalue weighted by Crippen LogP contribution is -2.07. The van der Waals surface area contributed by atoms with Crippen LogP contribution < -0.4 is 5.32 Å². The average Bonchev–Trinajstić information content (AvgIpc) is 2.72. The van der Waals surface area contributed by atoms with Crippen LogP contribution >= 0.6 is 0 Å². The van der Waals surface area contributed by atoms with Gasteiger partial charge in [-0.2, -0.15) is 13.2 Å². The summed E-state index contributed by atoms with van der Waals surface area (Å²) in [5, 5.41) is 2.78. The topological polar surface area (TPSA) is 38.1 Å². The Balaban J connectivity index is 2.06. The Kier molecular flexibility index (Phi) is 3.27. The maximum atomic E-state index is 12.5. The van der Waals surface area contributed by atoms with Crippen molar-refractivity contribution in [3.63, 3.8) is 0 Å². The zero-order valence-electron chi connectivity index (χ0n) is 9.58. The minimum Gasteiger partial charge on any atom is -0.465 e. The van der Waals surface area contributed by atoms with Gasteiger partial charge in [-0.15, -0.1) is 0 Å². The van der Waals surface area contributed by atoms with E-state index in [-0.39, 0.29) is 5.82 Å². The van der Waals surface area contributed by atoms with Crippen molar-refractivity contribution in [2.75, 3.05) is 5.32 Å². The summed E-state index contributed by atoms with van der Waals surface area (Å²) in [6, 6.07) is 5.45. The van der Waals surface area contributed by atoms with Gasteiger partial charge in [0, 0.05) is 6.20 Å². The van der Waals surface area contributed by atoms with Crippen molar-refractivity contribution in [1.82, 2.24) is 4.98 Å². The predicted octanol–water partition coefficient (Wildman–Crippen LogP) is 3.61. The Labute approximate surface area is 102 Å².